The van der Waals surface area contributed by atoms with Crippen LogP contribution in [0, 0.1) is 0 Å². The third-order valence-electron chi connectivity index (χ3n) is 13.0. The molecule has 66 heavy (non-hydrogen) atoms. The Balaban J connectivity index is 1.07. The zero-order chi connectivity index (χ0) is 43.6. The van der Waals surface area contributed by atoms with Crippen LogP contribution >= 0.6 is 0 Å². The first-order valence-electron chi connectivity index (χ1n) is 22.4. The van der Waals surface area contributed by atoms with Crippen LogP contribution in [0.25, 0.3) is 87.7 Å². The van der Waals surface area contributed by atoms with Crippen LogP contribution in [-0.2, 0) is 0 Å². The summed E-state index contributed by atoms with van der Waals surface area (Å²) in [6.07, 6.45) is 0. The Hall–Kier alpha value is -8.86. The van der Waals surface area contributed by atoms with Crippen molar-refractivity contribution in [2.45, 2.75) is 0 Å². The van der Waals surface area contributed by atoms with Gasteiger partial charge in [-0.25, -0.2) is 0 Å². The molecule has 2 heterocycles. The number of hydrogen-bond donors (Lipinski definition) is 0. The van der Waals surface area contributed by atoms with Crippen molar-refractivity contribution >= 4 is 99.5 Å². The normalized spacial score (nSPS) is 11.6. The smallest absolute Gasteiger partial charge is 0.137 e. The van der Waals surface area contributed by atoms with Crippen LogP contribution in [0.4, 0.5) is 34.1 Å². The van der Waals surface area contributed by atoms with Crippen LogP contribution in [0.1, 0.15) is 0 Å². The van der Waals surface area contributed by atoms with Crippen LogP contribution in [0.15, 0.2) is 251 Å². The van der Waals surface area contributed by atoms with Gasteiger partial charge in [0.25, 0.3) is 0 Å². The highest BCUT2D eigenvalue weighted by Gasteiger charge is 2.23. The highest BCUT2D eigenvalue weighted by atomic mass is 16.3. The maximum atomic E-state index is 6.45. The maximum absolute atomic E-state index is 6.45. The molecule has 0 radical (unpaired) electrons. The fourth-order valence-electron chi connectivity index (χ4n) is 10.1. The monoisotopic (exact) mass is 844 g/mol. The van der Waals surface area contributed by atoms with E-state index in [0.717, 1.165) is 89.1 Å². The molecule has 0 bridgehead atoms. The standard InChI is InChI=1S/C62H40N2O2/c1-5-17-41(18-6-1)61-53-35-31-46(64(44-23-11-4-12-24-44)48-30-34-52-50-26-14-16-28-58(50)66-60(52)40-48)38-56(53)62(42-19-7-2-8-20-42)54-36-32-45(37-55(54)61)63(43-21-9-3-10-22-43)47-29-33-51-49-25-13-15-27-57(49)65-59(51)39-47/h1-40H. The number of rotatable bonds is 8. The van der Waals surface area contributed by atoms with Gasteiger partial charge in [0.15, 0.2) is 0 Å². The molecule has 0 amide bonds. The summed E-state index contributed by atoms with van der Waals surface area (Å²) in [5.74, 6) is 0. The van der Waals surface area contributed by atoms with Gasteiger partial charge in [0.1, 0.15) is 22.3 Å². The van der Waals surface area contributed by atoms with E-state index in [0.29, 0.717) is 0 Å². The van der Waals surface area contributed by atoms with Crippen molar-refractivity contribution < 1.29 is 8.83 Å². The molecule has 13 aromatic rings. The fourth-order valence-corrected chi connectivity index (χ4v) is 10.1. The molecule has 4 heteroatoms. The molecule has 0 saturated heterocycles. The third kappa shape index (κ3) is 6.22. The Labute approximate surface area is 381 Å². The molecular formula is C62H40N2O2. The van der Waals surface area contributed by atoms with Gasteiger partial charge in [-0.1, -0.05) is 146 Å². The Kier molecular flexibility index (Phi) is 8.81. The molecule has 0 fully saturated rings. The zero-order valence-corrected chi connectivity index (χ0v) is 35.8. The third-order valence-corrected chi connectivity index (χ3v) is 13.0. The number of hydrogen-bond acceptors (Lipinski definition) is 4. The van der Waals surface area contributed by atoms with Crippen LogP contribution < -0.4 is 9.80 Å². The summed E-state index contributed by atoms with van der Waals surface area (Å²) in [5, 5.41) is 9.11. The maximum Gasteiger partial charge on any atom is 0.137 e. The van der Waals surface area contributed by atoms with E-state index in [9.17, 15) is 0 Å². The molecule has 0 aliphatic rings. The lowest BCUT2D eigenvalue weighted by molar-refractivity contribution is 0.668. The summed E-state index contributed by atoms with van der Waals surface area (Å²) in [7, 11) is 0. The van der Waals surface area contributed by atoms with E-state index < -0.39 is 0 Å². The molecule has 0 saturated carbocycles. The Bertz CT molecular complexity index is 3670. The lowest BCUT2D eigenvalue weighted by Gasteiger charge is -2.28. The quantitative estimate of drug-likeness (QED) is 0.143. The van der Waals surface area contributed by atoms with Gasteiger partial charge in [0.2, 0.25) is 0 Å². The van der Waals surface area contributed by atoms with Crippen molar-refractivity contribution in [1.29, 1.82) is 0 Å². The lowest BCUT2D eigenvalue weighted by atomic mass is 9.85. The van der Waals surface area contributed by atoms with E-state index in [-0.39, 0.29) is 0 Å². The van der Waals surface area contributed by atoms with E-state index in [1.165, 1.54) is 32.7 Å². The molecule has 0 N–H and O–H groups in total. The van der Waals surface area contributed by atoms with Crippen LogP contribution in [0.2, 0.25) is 0 Å². The minimum absolute atomic E-state index is 0.857. The van der Waals surface area contributed by atoms with Gasteiger partial charge in [-0.3, -0.25) is 0 Å². The van der Waals surface area contributed by atoms with E-state index in [1.807, 2.05) is 24.3 Å². The Morgan fingerprint density at radius 2 is 0.530 bits per heavy atom. The number of fused-ring (bicyclic) bond motifs is 8. The van der Waals surface area contributed by atoms with E-state index >= 15 is 0 Å². The first kappa shape index (κ1) is 37.7. The summed E-state index contributed by atoms with van der Waals surface area (Å²) in [5.41, 5.74) is 14.4. The predicted octanol–water partition coefficient (Wildman–Crippen LogP) is 18.1. The van der Waals surface area contributed by atoms with E-state index in [4.69, 9.17) is 8.83 Å². The van der Waals surface area contributed by atoms with Crippen molar-refractivity contribution in [2.24, 2.45) is 0 Å². The molecule has 0 aliphatic heterocycles. The summed E-state index contributed by atoms with van der Waals surface area (Å²) < 4.78 is 12.9. The van der Waals surface area contributed by atoms with E-state index in [1.54, 1.807) is 0 Å². The second-order valence-electron chi connectivity index (χ2n) is 16.8. The van der Waals surface area contributed by atoms with Gasteiger partial charge in [-0.05, 0) is 129 Å². The molecule has 0 unspecified atom stereocenters. The van der Waals surface area contributed by atoms with Gasteiger partial charge in [-0.15, -0.1) is 0 Å². The first-order chi connectivity index (χ1) is 32.7. The summed E-state index contributed by atoms with van der Waals surface area (Å²) >= 11 is 0. The number of anilines is 6. The first-order valence-corrected chi connectivity index (χ1v) is 22.4. The molecule has 310 valence electrons. The summed E-state index contributed by atoms with van der Waals surface area (Å²) in [4.78, 5) is 4.68. The average Bonchev–Trinajstić information content (AvgIpc) is 3.95. The molecule has 0 atom stereocenters. The molecule has 0 spiro atoms. The number of benzene rings is 11. The highest BCUT2D eigenvalue weighted by molar-refractivity contribution is 6.23. The largest absolute Gasteiger partial charge is 0.456 e. The fraction of sp³-hybridized carbons (Fsp3) is 0. The second kappa shape index (κ2) is 15.4. The van der Waals surface area contributed by atoms with Gasteiger partial charge >= 0.3 is 0 Å². The SMILES string of the molecule is c1ccc(-c2c3ccc(N(c4ccccc4)c4ccc5c(c4)oc4ccccc45)cc3c(-c3ccccc3)c3ccc(N(c4ccccc4)c4ccc5c(c4)oc4ccccc45)cc23)cc1. The van der Waals surface area contributed by atoms with Gasteiger partial charge < -0.3 is 18.6 Å². The molecule has 0 aliphatic carbocycles. The second-order valence-corrected chi connectivity index (χ2v) is 16.8. The zero-order valence-electron chi connectivity index (χ0n) is 35.8. The molecule has 4 nitrogen and oxygen atoms in total. The van der Waals surface area contributed by atoms with Crippen molar-refractivity contribution in [3.05, 3.63) is 243 Å². The van der Waals surface area contributed by atoms with Gasteiger partial charge in [0, 0.05) is 67.8 Å². The molecular weight excluding hydrogens is 805 g/mol. The Morgan fingerprint density at radius 3 is 0.939 bits per heavy atom. The van der Waals surface area contributed by atoms with Crippen molar-refractivity contribution in [1.82, 2.24) is 0 Å². The van der Waals surface area contributed by atoms with Crippen LogP contribution in [0.3, 0.4) is 0 Å². The Morgan fingerprint density at radius 1 is 0.212 bits per heavy atom. The topological polar surface area (TPSA) is 32.8 Å². The predicted molar refractivity (Wildman–Crippen MR) is 276 cm³/mol. The summed E-state index contributed by atoms with van der Waals surface area (Å²) in [6, 6.07) is 86.5. The lowest BCUT2D eigenvalue weighted by Crippen LogP contribution is -2.10. The highest BCUT2D eigenvalue weighted by Crippen LogP contribution is 2.49. The van der Waals surface area contributed by atoms with E-state index in [2.05, 4.69) is 228 Å². The molecule has 11 aromatic carbocycles. The van der Waals surface area contributed by atoms with Crippen molar-refractivity contribution in [3.63, 3.8) is 0 Å². The molecule has 2 aromatic heterocycles. The average molecular weight is 845 g/mol. The number of furan rings is 2. The molecule has 13 rings (SSSR count). The van der Waals surface area contributed by atoms with Crippen molar-refractivity contribution in [3.8, 4) is 22.3 Å². The minimum atomic E-state index is 0.857. The number of para-hydroxylation sites is 4. The van der Waals surface area contributed by atoms with Crippen LogP contribution in [0.5, 0.6) is 0 Å². The number of nitrogens with zero attached hydrogens (tertiary/aromatic N) is 2. The summed E-state index contributed by atoms with van der Waals surface area (Å²) in [6.45, 7) is 0. The van der Waals surface area contributed by atoms with Crippen LogP contribution in [-0.4, -0.2) is 0 Å². The van der Waals surface area contributed by atoms with Crippen molar-refractivity contribution in [2.75, 3.05) is 9.80 Å². The van der Waals surface area contributed by atoms with Gasteiger partial charge in [0.05, 0.1) is 0 Å². The van der Waals surface area contributed by atoms with Gasteiger partial charge in [-0.2, -0.15) is 0 Å². The minimum Gasteiger partial charge on any atom is -0.456 e.